The number of allylic oxidation sites excluding steroid dienone is 4. The molecule has 0 radical (unpaired) electrons. The van der Waals surface area contributed by atoms with Crippen molar-refractivity contribution in [1.82, 2.24) is 30.1 Å². The van der Waals surface area contributed by atoms with Gasteiger partial charge in [-0.3, -0.25) is 10.8 Å². The molecule has 10 aromatic rings. The zero-order chi connectivity index (χ0) is 43.9. The minimum atomic E-state index is 0.173. The number of pyridine rings is 4. The first-order valence-corrected chi connectivity index (χ1v) is 23.0. The minimum absolute atomic E-state index is 0.173. The van der Waals surface area contributed by atoms with Crippen molar-refractivity contribution in [3.8, 4) is 32.7 Å². The van der Waals surface area contributed by atoms with Gasteiger partial charge in [-0.1, -0.05) is 114 Å². The number of nitrogens with one attached hydrogen (secondary N) is 2. The van der Waals surface area contributed by atoms with Crippen LogP contribution in [0.5, 0.6) is 0 Å². The van der Waals surface area contributed by atoms with Gasteiger partial charge in [-0.25, -0.2) is 19.9 Å². The second kappa shape index (κ2) is 17.1. The van der Waals surface area contributed by atoms with E-state index in [0.717, 1.165) is 95.9 Å². The molecular weight excluding hydrogens is 837 g/mol. The van der Waals surface area contributed by atoms with Crippen LogP contribution in [0, 0.1) is 10.8 Å². The Morgan fingerprint density at radius 2 is 1.20 bits per heavy atom. The number of thioether (sulfide) groups is 1. The van der Waals surface area contributed by atoms with Crippen LogP contribution in [-0.4, -0.2) is 40.2 Å². The van der Waals surface area contributed by atoms with Gasteiger partial charge in [-0.15, -0.1) is 10.2 Å². The van der Waals surface area contributed by atoms with Gasteiger partial charge in [0.2, 0.25) is 0 Å². The summed E-state index contributed by atoms with van der Waals surface area (Å²) < 4.78 is 0. The maximum atomic E-state index is 8.98. The lowest BCUT2D eigenvalue weighted by atomic mass is 9.95. The van der Waals surface area contributed by atoms with Crippen molar-refractivity contribution < 1.29 is 0 Å². The van der Waals surface area contributed by atoms with Crippen molar-refractivity contribution in [2.24, 2.45) is 0 Å². The summed E-state index contributed by atoms with van der Waals surface area (Å²) in [5, 5.41) is 37.8. The molecule has 5 aromatic carbocycles. The first-order chi connectivity index (χ1) is 31.9. The molecule has 0 fully saturated rings. The molecule has 0 saturated carbocycles. The highest BCUT2D eigenvalue weighted by molar-refractivity contribution is 8.27. The minimum Gasteiger partial charge on any atom is -0.292 e. The predicted molar refractivity (Wildman–Crippen MR) is 271 cm³/mol. The van der Waals surface area contributed by atoms with Gasteiger partial charge in [-0.05, 0) is 147 Å². The molecule has 0 unspecified atom stereocenters. The molecule has 0 aliphatic heterocycles. The largest absolute Gasteiger partial charge is 0.292 e. The summed E-state index contributed by atoms with van der Waals surface area (Å²) in [5.41, 5.74) is 9.01. The van der Waals surface area contributed by atoms with Gasteiger partial charge in [0.1, 0.15) is 21.5 Å². The highest BCUT2D eigenvalue weighted by Gasteiger charge is 2.17. The first kappa shape index (κ1) is 40.0. The number of fused-ring (bicyclic) bond motifs is 7. The van der Waals surface area contributed by atoms with E-state index in [1.807, 2.05) is 66.7 Å². The second-order valence-electron chi connectivity index (χ2n) is 15.8. The van der Waals surface area contributed by atoms with E-state index < -0.39 is 0 Å². The van der Waals surface area contributed by atoms with E-state index in [1.54, 1.807) is 0 Å². The molecule has 5 aromatic heterocycles. The van der Waals surface area contributed by atoms with Crippen LogP contribution in [-0.2, 0) is 0 Å². The molecule has 0 amide bonds. The van der Waals surface area contributed by atoms with E-state index in [1.165, 1.54) is 38.3 Å². The maximum absolute atomic E-state index is 8.98. The Morgan fingerprint density at radius 3 is 2.05 bits per heavy atom. The fraction of sp³-hybridized carbons (Fsp3) is 0.0545. The first-order valence-electron chi connectivity index (χ1n) is 21.3. The van der Waals surface area contributed by atoms with Crippen molar-refractivity contribution in [3.05, 3.63) is 197 Å². The lowest BCUT2D eigenvalue weighted by molar-refractivity contribution is 1.05. The van der Waals surface area contributed by atoms with E-state index >= 15 is 0 Å². The molecule has 65 heavy (non-hydrogen) atoms. The normalized spacial score (nSPS) is 15.5. The van der Waals surface area contributed by atoms with Crippen LogP contribution in [0.2, 0.25) is 0 Å². The summed E-state index contributed by atoms with van der Waals surface area (Å²) in [6.07, 6.45) is 10.6. The van der Waals surface area contributed by atoms with Gasteiger partial charge in [0, 0.05) is 16.3 Å². The number of benzene rings is 5. The smallest absolute Gasteiger partial charge is 0.166 e. The van der Waals surface area contributed by atoms with Crippen LogP contribution >= 0.6 is 23.1 Å². The molecule has 2 N–H and O–H groups in total. The molecule has 10 heteroatoms. The quantitative estimate of drug-likeness (QED) is 0.0968. The van der Waals surface area contributed by atoms with E-state index in [-0.39, 0.29) is 10.1 Å². The van der Waals surface area contributed by atoms with Crippen molar-refractivity contribution in [3.63, 3.8) is 0 Å². The zero-order valence-corrected chi connectivity index (χ0v) is 36.8. The molecule has 310 valence electrons. The third-order valence-electron chi connectivity index (χ3n) is 11.7. The Balaban J connectivity index is 0.823. The SMILES string of the molecule is CC1=c2/cccc/c2=C/C(c2cccc(C(=N)SC(=N)c3ccc4c(ccc5nc(-c6nnc(-c7cccc(-c8cc9ccccc9c9ccccc89)n7)s6)ccc54)n3)n2)=C/CC/C=C\1. The summed E-state index contributed by atoms with van der Waals surface area (Å²) in [6.45, 7) is 2.14. The summed E-state index contributed by atoms with van der Waals surface area (Å²) in [4.78, 5) is 19.9. The van der Waals surface area contributed by atoms with Crippen molar-refractivity contribution in [2.75, 3.05) is 0 Å². The Hall–Kier alpha value is -7.79. The van der Waals surface area contributed by atoms with Gasteiger partial charge in [0.25, 0.3) is 0 Å². The predicted octanol–water partition coefficient (Wildman–Crippen LogP) is 12.2. The van der Waals surface area contributed by atoms with E-state index in [2.05, 4.69) is 126 Å². The van der Waals surface area contributed by atoms with Crippen LogP contribution in [0.3, 0.4) is 0 Å². The molecule has 8 nitrogen and oxygen atoms in total. The monoisotopic (exact) mass is 874 g/mol. The molecule has 1 aliphatic rings. The van der Waals surface area contributed by atoms with Crippen LogP contribution < -0.4 is 10.4 Å². The molecular formula is C55H38N8S2. The van der Waals surface area contributed by atoms with E-state index in [0.29, 0.717) is 16.4 Å². The summed E-state index contributed by atoms with van der Waals surface area (Å²) >= 11 is 2.51. The van der Waals surface area contributed by atoms with Crippen LogP contribution in [0.15, 0.2) is 170 Å². The van der Waals surface area contributed by atoms with Crippen LogP contribution in [0.25, 0.3) is 93.2 Å². The number of rotatable bonds is 6. The maximum Gasteiger partial charge on any atom is 0.166 e. The lowest BCUT2D eigenvalue weighted by Crippen LogP contribution is -2.25. The fourth-order valence-electron chi connectivity index (χ4n) is 8.46. The molecule has 0 atom stereocenters. The number of hydrogen-bond donors (Lipinski definition) is 2. The molecule has 0 spiro atoms. The molecule has 1 aliphatic carbocycles. The average molecular weight is 875 g/mol. The third-order valence-corrected chi connectivity index (χ3v) is 13.5. The van der Waals surface area contributed by atoms with E-state index in [9.17, 15) is 0 Å². The Morgan fingerprint density at radius 1 is 0.538 bits per heavy atom. The number of nitrogens with zero attached hydrogens (tertiary/aromatic N) is 6. The Bertz CT molecular complexity index is 3780. The highest BCUT2D eigenvalue weighted by atomic mass is 32.2. The number of aromatic nitrogens is 6. The second-order valence-corrected chi connectivity index (χ2v) is 17.8. The van der Waals surface area contributed by atoms with Crippen LogP contribution in [0.4, 0.5) is 0 Å². The lowest BCUT2D eigenvalue weighted by Gasteiger charge is -2.11. The summed E-state index contributed by atoms with van der Waals surface area (Å²) in [6, 6.07) is 51.1. The standard InChI is InChI=1S/C55H38N8S2/c1-33-13-3-2-4-16-36(31-34-14-5-7-17-37(33)34)44-21-11-23-48(58-44)52(56)64-53(57)49-27-25-41-42-26-28-51(61-47(42)30-29-46(41)59-49)55-63-62-54(65-55)50-24-12-22-45(60-50)43-32-35-15-6-8-18-38(35)39-19-9-10-20-40(39)43/h3,5-32,56-57H,2,4H2,1H3/b13-3-,34-31-,36-16-,37-33+,56-52?,57-53?. The molecule has 0 saturated heterocycles. The van der Waals surface area contributed by atoms with Crippen molar-refractivity contribution >= 4 is 93.8 Å². The summed E-state index contributed by atoms with van der Waals surface area (Å²) in [7, 11) is 0. The van der Waals surface area contributed by atoms with Crippen molar-refractivity contribution in [1.29, 1.82) is 10.8 Å². The number of hydrogen-bond acceptors (Lipinski definition) is 10. The molecule has 5 heterocycles. The van der Waals surface area contributed by atoms with Crippen LogP contribution in [0.1, 0.15) is 36.8 Å². The van der Waals surface area contributed by atoms with Gasteiger partial charge in [0.05, 0.1) is 33.8 Å². The Kier molecular flexibility index (Phi) is 10.5. The fourth-order valence-corrected chi connectivity index (χ4v) is 9.89. The molecule has 0 bridgehead atoms. The van der Waals surface area contributed by atoms with Gasteiger partial charge in [-0.2, -0.15) is 0 Å². The highest BCUT2D eigenvalue weighted by Crippen LogP contribution is 2.36. The average Bonchev–Trinajstić information content (AvgIpc) is 3.86. The van der Waals surface area contributed by atoms with Gasteiger partial charge >= 0.3 is 0 Å². The molecule has 11 rings (SSSR count). The van der Waals surface area contributed by atoms with Gasteiger partial charge < -0.3 is 0 Å². The summed E-state index contributed by atoms with van der Waals surface area (Å²) in [5.74, 6) is 0. The topological polar surface area (TPSA) is 125 Å². The Labute approximate surface area is 382 Å². The zero-order valence-electron chi connectivity index (χ0n) is 35.2. The van der Waals surface area contributed by atoms with Crippen molar-refractivity contribution in [2.45, 2.75) is 19.8 Å². The third kappa shape index (κ3) is 7.83. The van der Waals surface area contributed by atoms with Gasteiger partial charge in [0.15, 0.2) is 10.0 Å². The van der Waals surface area contributed by atoms with E-state index in [4.69, 9.17) is 30.8 Å².